The molecule has 4 aliphatic heterocycles. The number of hydrogen-bond acceptors (Lipinski definition) is 11. The zero-order valence-electron chi connectivity index (χ0n) is 34.5. The summed E-state index contributed by atoms with van der Waals surface area (Å²) in [4.78, 5) is 0. The van der Waals surface area contributed by atoms with Crippen LogP contribution in [-0.4, -0.2) is 97.6 Å². The highest BCUT2D eigenvalue weighted by molar-refractivity contribution is 5.63. The van der Waals surface area contributed by atoms with Gasteiger partial charge in [0.2, 0.25) is 0 Å². The molecule has 59 heavy (non-hydrogen) atoms. The lowest BCUT2D eigenvalue weighted by Crippen LogP contribution is -2.56. The largest absolute Gasteiger partial charge is 0.496 e. The van der Waals surface area contributed by atoms with Crippen molar-refractivity contribution in [2.45, 2.75) is 93.2 Å². The molecule has 2 fully saturated rings. The first-order valence-corrected chi connectivity index (χ1v) is 20.4. The first kappa shape index (κ1) is 41.6. The van der Waals surface area contributed by atoms with Gasteiger partial charge in [-0.05, 0) is 40.5 Å². The van der Waals surface area contributed by atoms with E-state index in [4.69, 9.17) is 52.1 Å². The average Bonchev–Trinajstić information content (AvgIpc) is 3.85. The van der Waals surface area contributed by atoms with E-state index in [0.717, 1.165) is 33.4 Å². The molecular weight excluding hydrogens is 753 g/mol. The minimum absolute atomic E-state index is 0.284. The Morgan fingerprint density at radius 3 is 1.81 bits per heavy atom. The van der Waals surface area contributed by atoms with Crippen LogP contribution in [0, 0.1) is 0 Å². The molecular formula is C48H56O11. The normalized spacial score (nSPS) is 29.8. The Labute approximate surface area is 347 Å². The Morgan fingerprint density at radius 2 is 1.20 bits per heavy atom. The Kier molecular flexibility index (Phi) is 13.4. The van der Waals surface area contributed by atoms with E-state index in [1.807, 2.05) is 66.7 Å². The average molecular weight is 809 g/mol. The lowest BCUT2D eigenvalue weighted by Gasteiger charge is -2.45. The molecule has 0 saturated carbocycles. The summed E-state index contributed by atoms with van der Waals surface area (Å²) in [6.45, 7) is 1.83. The second-order valence-corrected chi connectivity index (χ2v) is 15.5. The Balaban J connectivity index is 1.18. The number of rotatable bonds is 18. The molecule has 0 radical (unpaired) electrons. The third-order valence-corrected chi connectivity index (χ3v) is 12.0. The summed E-state index contributed by atoms with van der Waals surface area (Å²) in [6, 6.07) is 34.4. The zero-order chi connectivity index (χ0) is 40.8. The molecule has 0 spiro atoms. The third kappa shape index (κ3) is 8.59. The number of hydrogen-bond donors (Lipinski definition) is 0. The van der Waals surface area contributed by atoms with Crippen LogP contribution in [0.2, 0.25) is 0 Å². The van der Waals surface area contributed by atoms with E-state index in [1.165, 1.54) is 0 Å². The topological polar surface area (TPSA) is 102 Å². The van der Waals surface area contributed by atoms with E-state index in [9.17, 15) is 0 Å². The van der Waals surface area contributed by atoms with E-state index in [0.29, 0.717) is 50.8 Å². The maximum atomic E-state index is 7.28. The smallest absolute Gasteiger partial charge is 0.143 e. The molecule has 0 aliphatic carbocycles. The predicted octanol–water partition coefficient (Wildman–Crippen LogP) is 7.29. The van der Waals surface area contributed by atoms with Crippen LogP contribution in [0.3, 0.4) is 0 Å². The van der Waals surface area contributed by atoms with Crippen LogP contribution in [0.25, 0.3) is 0 Å². The fraction of sp³-hybridized carbons (Fsp3) is 0.458. The van der Waals surface area contributed by atoms with Crippen LogP contribution in [0.4, 0.5) is 0 Å². The van der Waals surface area contributed by atoms with Crippen molar-refractivity contribution in [3.05, 3.63) is 143 Å². The fourth-order valence-corrected chi connectivity index (χ4v) is 9.26. The van der Waals surface area contributed by atoms with Crippen LogP contribution in [0.1, 0.15) is 46.8 Å². The van der Waals surface area contributed by atoms with E-state index in [2.05, 4.69) is 42.5 Å². The molecule has 10 atom stereocenters. The van der Waals surface area contributed by atoms with Gasteiger partial charge in [-0.3, -0.25) is 0 Å². The van der Waals surface area contributed by atoms with Crippen molar-refractivity contribution in [1.29, 1.82) is 0 Å². The van der Waals surface area contributed by atoms with Crippen LogP contribution in [0.15, 0.2) is 115 Å². The van der Waals surface area contributed by atoms with Gasteiger partial charge in [-0.2, -0.15) is 0 Å². The summed E-state index contributed by atoms with van der Waals surface area (Å²) in [5.41, 5.74) is 4.87. The van der Waals surface area contributed by atoms with Gasteiger partial charge in [0.05, 0.1) is 71.7 Å². The van der Waals surface area contributed by atoms with Crippen LogP contribution in [-0.2, 0) is 68.1 Å². The first-order chi connectivity index (χ1) is 29.0. The highest BCUT2D eigenvalue weighted by Crippen LogP contribution is 2.63. The van der Waals surface area contributed by atoms with E-state index < -0.39 is 42.2 Å². The number of fused-ring (bicyclic) bond motifs is 5. The third-order valence-electron chi connectivity index (χ3n) is 12.0. The highest BCUT2D eigenvalue weighted by Gasteiger charge is 2.62. The maximum Gasteiger partial charge on any atom is 0.143 e. The summed E-state index contributed by atoms with van der Waals surface area (Å²) in [5.74, 6) is 1.38. The van der Waals surface area contributed by atoms with Crippen LogP contribution in [0.5, 0.6) is 11.5 Å². The van der Waals surface area contributed by atoms with Crippen molar-refractivity contribution in [2.24, 2.45) is 0 Å². The lowest BCUT2D eigenvalue weighted by molar-refractivity contribution is -0.238. The van der Waals surface area contributed by atoms with Gasteiger partial charge in [0.15, 0.2) is 0 Å². The standard InChI is InChI=1S/C48H56O11/c1-49-29-40-46(53-5)38(52-4)24-42(58-40)48-25-34(45(59-48)43-35(50-2)21-22-36(51-3)44(43)48)37-23-39(55-27-32-17-11-7-12-18-32)47(56-28-33-19-13-8-14-20-33)41(57-37)30-54-26-31-15-9-6-10-16-31/h6-22,25,37-42,45-47H,23-24,26-30H2,1-5H3/t37-,38-,39-,40-,41-,42-,45?,46+,47+,48?/m1/s1. The predicted molar refractivity (Wildman–Crippen MR) is 219 cm³/mol. The SMILES string of the molecule is COC[C@H]1O[C@@H](C23C=C([C@H]4C[C@@H](OCc5ccccc5)[C@H](OCc5ccccc5)[C@@H](COCc5ccccc5)O4)C(O2)c2c(OC)ccc(OC)c23)C[C@@H](OC)[C@@H]1OC. The number of methoxy groups -OCH3 is 5. The Morgan fingerprint density at radius 1 is 0.593 bits per heavy atom. The molecule has 2 unspecified atom stereocenters. The maximum absolute atomic E-state index is 7.28. The summed E-state index contributed by atoms with van der Waals surface area (Å²) >= 11 is 0. The van der Waals surface area contributed by atoms with Gasteiger partial charge in [-0.15, -0.1) is 0 Å². The van der Waals surface area contributed by atoms with Gasteiger partial charge in [0.1, 0.15) is 47.6 Å². The van der Waals surface area contributed by atoms with Crippen LogP contribution < -0.4 is 9.47 Å². The second kappa shape index (κ2) is 19.1. The summed E-state index contributed by atoms with van der Waals surface area (Å²) in [7, 11) is 8.39. The molecule has 2 saturated heterocycles. The van der Waals surface area contributed by atoms with Crippen molar-refractivity contribution in [2.75, 3.05) is 48.8 Å². The molecule has 2 bridgehead atoms. The molecule has 314 valence electrons. The molecule has 0 amide bonds. The molecule has 4 aliphatic rings. The molecule has 8 rings (SSSR count). The van der Waals surface area contributed by atoms with Gasteiger partial charge in [-0.1, -0.05) is 91.0 Å². The molecule has 0 N–H and O–H groups in total. The van der Waals surface area contributed by atoms with Crippen molar-refractivity contribution >= 4 is 0 Å². The molecule has 4 aromatic rings. The Bertz CT molecular complexity index is 1980. The molecule has 4 aromatic carbocycles. The zero-order valence-corrected chi connectivity index (χ0v) is 34.5. The molecule has 4 heterocycles. The summed E-state index contributed by atoms with van der Waals surface area (Å²) < 4.78 is 71.3. The van der Waals surface area contributed by atoms with Gasteiger partial charge in [0.25, 0.3) is 0 Å². The van der Waals surface area contributed by atoms with Crippen molar-refractivity contribution < 1.29 is 52.1 Å². The van der Waals surface area contributed by atoms with Gasteiger partial charge >= 0.3 is 0 Å². The molecule has 11 nitrogen and oxygen atoms in total. The first-order valence-electron chi connectivity index (χ1n) is 20.4. The van der Waals surface area contributed by atoms with Crippen molar-refractivity contribution in [3.8, 4) is 11.5 Å². The van der Waals surface area contributed by atoms with Gasteiger partial charge in [0, 0.05) is 45.3 Å². The van der Waals surface area contributed by atoms with Crippen molar-refractivity contribution in [1.82, 2.24) is 0 Å². The highest BCUT2D eigenvalue weighted by atomic mass is 16.6. The van der Waals surface area contributed by atoms with E-state index >= 15 is 0 Å². The monoisotopic (exact) mass is 808 g/mol. The second-order valence-electron chi connectivity index (χ2n) is 15.5. The fourth-order valence-electron chi connectivity index (χ4n) is 9.26. The summed E-state index contributed by atoms with van der Waals surface area (Å²) in [6.07, 6.45) is -0.580. The number of benzene rings is 4. The van der Waals surface area contributed by atoms with Gasteiger partial charge in [-0.25, -0.2) is 0 Å². The molecule has 0 aromatic heterocycles. The summed E-state index contributed by atoms with van der Waals surface area (Å²) in [5, 5.41) is 0. The Hall–Kier alpha value is -4.14. The quantitative estimate of drug-likeness (QED) is 0.0948. The lowest BCUT2D eigenvalue weighted by atomic mass is 9.75. The van der Waals surface area contributed by atoms with Crippen LogP contribution >= 0.6 is 0 Å². The molecule has 11 heteroatoms. The van der Waals surface area contributed by atoms with E-state index in [1.54, 1.807) is 35.5 Å². The van der Waals surface area contributed by atoms with Gasteiger partial charge < -0.3 is 52.1 Å². The minimum atomic E-state index is -1.07. The van der Waals surface area contributed by atoms with Crippen molar-refractivity contribution in [3.63, 3.8) is 0 Å². The minimum Gasteiger partial charge on any atom is -0.496 e. The van der Waals surface area contributed by atoms with E-state index in [-0.39, 0.29) is 24.9 Å². The number of ether oxygens (including phenoxy) is 11.